The van der Waals surface area contributed by atoms with E-state index >= 15 is 0 Å². The number of anilines is 1. The van der Waals surface area contributed by atoms with Gasteiger partial charge in [-0.3, -0.25) is 0 Å². The van der Waals surface area contributed by atoms with E-state index in [0.717, 1.165) is 32.1 Å². The molecule has 5 heteroatoms. The van der Waals surface area contributed by atoms with E-state index in [1.807, 2.05) is 0 Å². The molecule has 18 heavy (non-hydrogen) atoms. The quantitative estimate of drug-likeness (QED) is 0.791. The molecule has 2 heterocycles. The number of hydrogen-bond donors (Lipinski definition) is 0. The summed E-state index contributed by atoms with van der Waals surface area (Å²) in [6.07, 6.45) is 5.40. The second-order valence-electron chi connectivity index (χ2n) is 5.01. The van der Waals surface area contributed by atoms with Crippen LogP contribution in [0.5, 0.6) is 5.88 Å². The van der Waals surface area contributed by atoms with Gasteiger partial charge in [-0.15, -0.1) is 0 Å². The van der Waals surface area contributed by atoms with Gasteiger partial charge in [0.2, 0.25) is 11.8 Å². The average molecular weight is 249 g/mol. The first-order valence-electron chi connectivity index (χ1n) is 6.58. The molecule has 5 nitrogen and oxygen atoms in total. The Morgan fingerprint density at radius 1 is 1.44 bits per heavy atom. The Kier molecular flexibility index (Phi) is 3.32. The van der Waals surface area contributed by atoms with Crippen molar-refractivity contribution in [1.29, 1.82) is 0 Å². The minimum absolute atomic E-state index is 0.609. The minimum Gasteiger partial charge on any atom is -0.481 e. The molecule has 0 N–H and O–H groups in total. The molecule has 2 aliphatic rings. The summed E-state index contributed by atoms with van der Waals surface area (Å²) in [5, 5.41) is 0. The van der Waals surface area contributed by atoms with Crippen molar-refractivity contribution in [3.8, 4) is 5.88 Å². The van der Waals surface area contributed by atoms with Gasteiger partial charge in [-0.1, -0.05) is 0 Å². The molecule has 1 aliphatic carbocycles. The minimum atomic E-state index is 0.609. The van der Waals surface area contributed by atoms with Crippen LogP contribution in [0.3, 0.4) is 0 Å². The summed E-state index contributed by atoms with van der Waals surface area (Å²) < 4.78 is 10.6. The lowest BCUT2D eigenvalue weighted by atomic mass is 10.1. The highest BCUT2D eigenvalue weighted by Gasteiger charge is 2.33. The molecule has 0 spiro atoms. The molecule has 1 aliphatic heterocycles. The molecule has 1 saturated carbocycles. The van der Waals surface area contributed by atoms with E-state index in [2.05, 4.69) is 14.9 Å². The maximum Gasteiger partial charge on any atom is 0.228 e. The summed E-state index contributed by atoms with van der Waals surface area (Å²) in [7, 11) is 1.64. The number of rotatable bonds is 5. The second kappa shape index (κ2) is 5.10. The average Bonchev–Trinajstić information content (AvgIpc) is 3.13. The van der Waals surface area contributed by atoms with E-state index < -0.39 is 0 Å². The largest absolute Gasteiger partial charge is 0.481 e. The molecule has 1 saturated heterocycles. The first kappa shape index (κ1) is 11.7. The Morgan fingerprint density at radius 3 is 3.00 bits per heavy atom. The monoisotopic (exact) mass is 249 g/mol. The lowest BCUT2D eigenvalue weighted by Crippen LogP contribution is -2.33. The highest BCUT2D eigenvalue weighted by atomic mass is 16.5. The van der Waals surface area contributed by atoms with Gasteiger partial charge in [0.25, 0.3) is 0 Å². The van der Waals surface area contributed by atoms with Gasteiger partial charge in [0.1, 0.15) is 0 Å². The maximum absolute atomic E-state index is 5.45. The van der Waals surface area contributed by atoms with Crippen LogP contribution in [-0.4, -0.2) is 42.9 Å². The van der Waals surface area contributed by atoms with Crippen LogP contribution in [0.15, 0.2) is 12.3 Å². The Hall–Kier alpha value is -1.36. The summed E-state index contributed by atoms with van der Waals surface area (Å²) in [4.78, 5) is 11.2. The van der Waals surface area contributed by atoms with Crippen molar-refractivity contribution in [3.05, 3.63) is 12.3 Å². The number of nitrogens with zero attached hydrogens (tertiary/aromatic N) is 3. The Bertz CT molecular complexity index is 403. The zero-order chi connectivity index (χ0) is 12.4. The zero-order valence-electron chi connectivity index (χ0n) is 10.7. The molecule has 98 valence electrons. The number of aromatic nitrogens is 2. The summed E-state index contributed by atoms with van der Waals surface area (Å²) >= 11 is 0. The van der Waals surface area contributed by atoms with E-state index in [1.54, 1.807) is 19.4 Å². The molecule has 0 radical (unpaired) electrons. The van der Waals surface area contributed by atoms with Crippen LogP contribution in [0.25, 0.3) is 0 Å². The smallest absolute Gasteiger partial charge is 0.228 e. The Morgan fingerprint density at radius 2 is 2.33 bits per heavy atom. The fourth-order valence-corrected chi connectivity index (χ4v) is 2.37. The van der Waals surface area contributed by atoms with E-state index in [4.69, 9.17) is 9.47 Å². The van der Waals surface area contributed by atoms with Gasteiger partial charge >= 0.3 is 0 Å². The highest BCUT2D eigenvalue weighted by Crippen LogP contribution is 2.32. The van der Waals surface area contributed by atoms with E-state index in [-0.39, 0.29) is 0 Å². The van der Waals surface area contributed by atoms with E-state index in [9.17, 15) is 0 Å². The summed E-state index contributed by atoms with van der Waals surface area (Å²) in [6.45, 7) is 2.76. The predicted octanol–water partition coefficient (Wildman–Crippen LogP) is 1.49. The molecule has 2 fully saturated rings. The SMILES string of the molecule is COc1ccnc(N(C[C@H]2CCOC2)C2CC2)n1. The van der Waals surface area contributed by atoms with Crippen molar-refractivity contribution in [3.63, 3.8) is 0 Å². The summed E-state index contributed by atoms with van der Waals surface area (Å²) in [5.41, 5.74) is 0. The molecule has 0 unspecified atom stereocenters. The van der Waals surface area contributed by atoms with Crippen molar-refractivity contribution in [1.82, 2.24) is 9.97 Å². The van der Waals surface area contributed by atoms with Crippen molar-refractivity contribution in [2.75, 3.05) is 31.8 Å². The Balaban J connectivity index is 1.75. The molecular formula is C13H19N3O2. The first-order valence-corrected chi connectivity index (χ1v) is 6.58. The molecule has 1 aromatic heterocycles. The lowest BCUT2D eigenvalue weighted by Gasteiger charge is -2.25. The highest BCUT2D eigenvalue weighted by molar-refractivity contribution is 5.35. The van der Waals surface area contributed by atoms with Crippen LogP contribution in [0, 0.1) is 5.92 Å². The van der Waals surface area contributed by atoms with Crippen LogP contribution in [0.2, 0.25) is 0 Å². The zero-order valence-corrected chi connectivity index (χ0v) is 10.7. The summed E-state index contributed by atoms with van der Waals surface area (Å²) in [6, 6.07) is 2.39. The third kappa shape index (κ3) is 2.56. The molecule has 1 atom stereocenters. The van der Waals surface area contributed by atoms with Crippen LogP contribution in [0.1, 0.15) is 19.3 Å². The van der Waals surface area contributed by atoms with E-state index in [0.29, 0.717) is 17.8 Å². The molecular weight excluding hydrogens is 230 g/mol. The van der Waals surface area contributed by atoms with Gasteiger partial charge < -0.3 is 14.4 Å². The van der Waals surface area contributed by atoms with Gasteiger partial charge in [0, 0.05) is 37.4 Å². The fourth-order valence-electron chi connectivity index (χ4n) is 2.37. The standard InChI is InChI=1S/C13H19N3O2/c1-17-12-4-6-14-13(15-12)16(11-2-3-11)8-10-5-7-18-9-10/h4,6,10-11H,2-3,5,7-9H2,1H3/t10-/m1/s1. The fraction of sp³-hybridized carbons (Fsp3) is 0.692. The van der Waals surface area contributed by atoms with Crippen LogP contribution in [0.4, 0.5) is 5.95 Å². The first-order chi connectivity index (χ1) is 8.86. The molecule has 0 bridgehead atoms. The molecule has 0 aromatic carbocycles. The van der Waals surface area contributed by atoms with Crippen LogP contribution >= 0.6 is 0 Å². The number of ether oxygens (including phenoxy) is 2. The molecule has 1 aromatic rings. The topological polar surface area (TPSA) is 47.5 Å². The maximum atomic E-state index is 5.45. The number of methoxy groups -OCH3 is 1. The number of hydrogen-bond acceptors (Lipinski definition) is 5. The second-order valence-corrected chi connectivity index (χ2v) is 5.01. The third-order valence-corrected chi connectivity index (χ3v) is 3.55. The van der Waals surface area contributed by atoms with Gasteiger partial charge in [-0.25, -0.2) is 4.98 Å². The van der Waals surface area contributed by atoms with Gasteiger partial charge in [-0.2, -0.15) is 4.98 Å². The lowest BCUT2D eigenvalue weighted by molar-refractivity contribution is 0.186. The predicted molar refractivity (Wildman–Crippen MR) is 67.9 cm³/mol. The van der Waals surface area contributed by atoms with Gasteiger partial charge in [0.05, 0.1) is 13.7 Å². The third-order valence-electron chi connectivity index (χ3n) is 3.55. The van der Waals surface area contributed by atoms with Gasteiger partial charge in [0.15, 0.2) is 0 Å². The van der Waals surface area contributed by atoms with Crippen molar-refractivity contribution < 1.29 is 9.47 Å². The van der Waals surface area contributed by atoms with Crippen molar-refractivity contribution >= 4 is 5.95 Å². The van der Waals surface area contributed by atoms with E-state index in [1.165, 1.54) is 12.8 Å². The van der Waals surface area contributed by atoms with Gasteiger partial charge in [-0.05, 0) is 19.3 Å². The van der Waals surface area contributed by atoms with Crippen molar-refractivity contribution in [2.24, 2.45) is 5.92 Å². The van der Waals surface area contributed by atoms with Crippen LogP contribution < -0.4 is 9.64 Å². The van der Waals surface area contributed by atoms with Crippen molar-refractivity contribution in [2.45, 2.75) is 25.3 Å². The molecule has 0 amide bonds. The molecule has 3 rings (SSSR count). The van der Waals surface area contributed by atoms with Crippen LogP contribution in [-0.2, 0) is 4.74 Å². The summed E-state index contributed by atoms with van der Waals surface area (Å²) in [5.74, 6) is 2.04. The normalized spacial score (nSPS) is 23.1. The Labute approximate surface area is 107 Å².